The first-order chi connectivity index (χ1) is 14.5. The van der Waals surface area contributed by atoms with E-state index in [0.29, 0.717) is 13.2 Å². The molecule has 1 aliphatic rings. The second kappa shape index (κ2) is 8.73. The number of rotatable bonds is 5. The molecule has 0 radical (unpaired) electrons. The number of ether oxygens (including phenoxy) is 2. The van der Waals surface area contributed by atoms with Crippen molar-refractivity contribution < 1.29 is 22.7 Å². The Hall–Kier alpha value is -2.45. The van der Waals surface area contributed by atoms with Gasteiger partial charge >= 0.3 is 5.97 Å². The molecular formula is C22H20ClNO5S. The average Bonchev–Trinajstić information content (AvgIpc) is 2.78. The largest absolute Gasteiger partial charge is 0.457 e. The fourth-order valence-corrected chi connectivity index (χ4v) is 5.03. The van der Waals surface area contributed by atoms with Gasteiger partial charge in [-0.2, -0.15) is 4.31 Å². The average molecular weight is 446 g/mol. The highest BCUT2D eigenvalue weighted by Crippen LogP contribution is 2.25. The quantitative estimate of drug-likeness (QED) is 0.557. The maximum Gasteiger partial charge on any atom is 0.340 e. The summed E-state index contributed by atoms with van der Waals surface area (Å²) in [6.45, 7) is 1.27. The van der Waals surface area contributed by atoms with Crippen LogP contribution in [0.4, 0.5) is 0 Å². The first-order valence-corrected chi connectivity index (χ1v) is 11.3. The van der Waals surface area contributed by atoms with E-state index >= 15 is 0 Å². The number of hydrogen-bond acceptors (Lipinski definition) is 5. The molecule has 8 heteroatoms. The van der Waals surface area contributed by atoms with Gasteiger partial charge in [0.1, 0.15) is 6.61 Å². The molecule has 30 heavy (non-hydrogen) atoms. The van der Waals surface area contributed by atoms with Crippen molar-refractivity contribution in [2.24, 2.45) is 0 Å². The predicted molar refractivity (Wildman–Crippen MR) is 114 cm³/mol. The molecule has 6 nitrogen and oxygen atoms in total. The number of morpholine rings is 1. The number of esters is 1. The van der Waals surface area contributed by atoms with Crippen LogP contribution in [0.25, 0.3) is 10.8 Å². The van der Waals surface area contributed by atoms with Crippen molar-refractivity contribution >= 4 is 38.4 Å². The van der Waals surface area contributed by atoms with Crippen LogP contribution in [-0.4, -0.2) is 45.0 Å². The number of benzene rings is 3. The van der Waals surface area contributed by atoms with Crippen LogP contribution in [0.5, 0.6) is 0 Å². The van der Waals surface area contributed by atoms with Crippen LogP contribution in [0.15, 0.2) is 65.6 Å². The van der Waals surface area contributed by atoms with Gasteiger partial charge in [0.05, 0.1) is 28.7 Å². The van der Waals surface area contributed by atoms with E-state index in [2.05, 4.69) is 0 Å². The molecule has 0 N–H and O–H groups in total. The summed E-state index contributed by atoms with van der Waals surface area (Å²) in [5, 5.41) is 2.17. The predicted octanol–water partition coefficient (Wildman–Crippen LogP) is 3.87. The summed E-state index contributed by atoms with van der Waals surface area (Å²) in [4.78, 5) is 12.7. The molecule has 156 valence electrons. The lowest BCUT2D eigenvalue weighted by Gasteiger charge is -2.26. The Bertz CT molecular complexity index is 1180. The maximum atomic E-state index is 12.9. The summed E-state index contributed by atoms with van der Waals surface area (Å²) < 4.78 is 37.8. The normalized spacial score (nSPS) is 15.2. The van der Waals surface area contributed by atoms with Gasteiger partial charge < -0.3 is 9.47 Å². The molecule has 0 amide bonds. The molecule has 1 aliphatic heterocycles. The highest BCUT2D eigenvalue weighted by molar-refractivity contribution is 7.89. The number of sulfonamides is 1. The van der Waals surface area contributed by atoms with Crippen molar-refractivity contribution in [2.45, 2.75) is 11.5 Å². The van der Waals surface area contributed by atoms with Gasteiger partial charge in [-0.25, -0.2) is 13.2 Å². The van der Waals surface area contributed by atoms with Crippen molar-refractivity contribution in [1.29, 1.82) is 0 Å². The molecule has 3 aromatic rings. The van der Waals surface area contributed by atoms with E-state index in [9.17, 15) is 13.2 Å². The van der Waals surface area contributed by atoms with Crippen LogP contribution in [0.2, 0.25) is 5.02 Å². The molecule has 0 spiro atoms. The Morgan fingerprint density at radius 3 is 2.57 bits per heavy atom. The standard InChI is InChI=1S/C22H20ClNO5S/c23-21-9-8-18(30(26,27)24-10-12-28-13-11-24)14-20(21)22(25)29-15-17-6-3-5-16-4-1-2-7-19(16)17/h1-9,14H,10-13,15H2. The molecule has 0 aliphatic carbocycles. The Morgan fingerprint density at radius 2 is 1.77 bits per heavy atom. The number of carbonyl (C=O) groups excluding carboxylic acids is 1. The van der Waals surface area contributed by atoms with Gasteiger partial charge in [-0.05, 0) is 34.5 Å². The zero-order chi connectivity index (χ0) is 21.1. The Morgan fingerprint density at radius 1 is 1.03 bits per heavy atom. The molecule has 0 aromatic heterocycles. The van der Waals surface area contributed by atoms with Crippen molar-refractivity contribution in [3.63, 3.8) is 0 Å². The van der Waals surface area contributed by atoms with Gasteiger partial charge in [0.25, 0.3) is 0 Å². The molecule has 3 aromatic carbocycles. The second-order valence-corrected chi connectivity index (χ2v) is 9.22. The summed E-state index contributed by atoms with van der Waals surface area (Å²) in [5.41, 5.74) is 0.876. The minimum absolute atomic E-state index is 0.00547. The second-order valence-electron chi connectivity index (χ2n) is 6.87. The third kappa shape index (κ3) is 4.20. The van der Waals surface area contributed by atoms with E-state index < -0.39 is 16.0 Å². The monoisotopic (exact) mass is 445 g/mol. The Kier molecular flexibility index (Phi) is 6.06. The fourth-order valence-electron chi connectivity index (χ4n) is 3.40. The van der Waals surface area contributed by atoms with Gasteiger partial charge in [-0.15, -0.1) is 0 Å². The van der Waals surface area contributed by atoms with E-state index in [1.165, 1.54) is 22.5 Å². The first kappa shape index (κ1) is 20.8. The summed E-state index contributed by atoms with van der Waals surface area (Å²) in [6, 6.07) is 17.7. The van der Waals surface area contributed by atoms with Crippen molar-refractivity contribution in [3.05, 3.63) is 76.8 Å². The lowest BCUT2D eigenvalue weighted by molar-refractivity contribution is 0.0474. The zero-order valence-corrected chi connectivity index (χ0v) is 17.7. The van der Waals surface area contributed by atoms with Gasteiger partial charge in [0.15, 0.2) is 0 Å². The van der Waals surface area contributed by atoms with Gasteiger partial charge in [-0.1, -0.05) is 54.1 Å². The van der Waals surface area contributed by atoms with Crippen LogP contribution >= 0.6 is 11.6 Å². The SMILES string of the molecule is O=C(OCc1cccc2ccccc12)c1cc(S(=O)(=O)N2CCOCC2)ccc1Cl. The van der Waals surface area contributed by atoms with E-state index in [4.69, 9.17) is 21.1 Å². The highest BCUT2D eigenvalue weighted by Gasteiger charge is 2.28. The third-order valence-corrected chi connectivity index (χ3v) is 7.23. The van der Waals surface area contributed by atoms with Crippen LogP contribution in [0.1, 0.15) is 15.9 Å². The minimum Gasteiger partial charge on any atom is -0.457 e. The van der Waals surface area contributed by atoms with Gasteiger partial charge in [0.2, 0.25) is 10.0 Å². The van der Waals surface area contributed by atoms with Crippen LogP contribution in [0.3, 0.4) is 0 Å². The van der Waals surface area contributed by atoms with Crippen molar-refractivity contribution in [2.75, 3.05) is 26.3 Å². The fraction of sp³-hybridized carbons (Fsp3) is 0.227. The summed E-state index contributed by atoms with van der Waals surface area (Å²) >= 11 is 6.17. The molecule has 0 bridgehead atoms. The Balaban J connectivity index is 1.56. The van der Waals surface area contributed by atoms with Crippen molar-refractivity contribution in [1.82, 2.24) is 4.31 Å². The number of hydrogen-bond donors (Lipinski definition) is 0. The lowest BCUT2D eigenvalue weighted by Crippen LogP contribution is -2.40. The first-order valence-electron chi connectivity index (χ1n) is 9.48. The number of nitrogens with zero attached hydrogens (tertiary/aromatic N) is 1. The molecule has 0 atom stereocenters. The van der Waals surface area contributed by atoms with Gasteiger partial charge in [0, 0.05) is 13.1 Å². The summed E-state index contributed by atoms with van der Waals surface area (Å²) in [6.07, 6.45) is 0. The topological polar surface area (TPSA) is 72.9 Å². The van der Waals surface area contributed by atoms with Crippen LogP contribution in [0, 0.1) is 0 Å². The van der Waals surface area contributed by atoms with E-state index in [1.807, 2.05) is 42.5 Å². The maximum absolute atomic E-state index is 12.9. The molecule has 4 rings (SSSR count). The molecule has 0 unspecified atom stereocenters. The summed E-state index contributed by atoms with van der Waals surface area (Å²) in [7, 11) is -3.74. The molecular weight excluding hydrogens is 426 g/mol. The van der Waals surface area contributed by atoms with E-state index in [0.717, 1.165) is 16.3 Å². The molecule has 1 fully saturated rings. The smallest absolute Gasteiger partial charge is 0.340 e. The van der Waals surface area contributed by atoms with E-state index in [-0.39, 0.29) is 35.2 Å². The molecule has 1 heterocycles. The Labute approximate surface area is 180 Å². The number of fused-ring (bicyclic) bond motifs is 1. The molecule has 1 saturated heterocycles. The van der Waals surface area contributed by atoms with Crippen LogP contribution in [-0.2, 0) is 26.1 Å². The van der Waals surface area contributed by atoms with Crippen molar-refractivity contribution in [3.8, 4) is 0 Å². The van der Waals surface area contributed by atoms with E-state index in [1.54, 1.807) is 0 Å². The molecule has 0 saturated carbocycles. The lowest BCUT2D eigenvalue weighted by atomic mass is 10.1. The third-order valence-electron chi connectivity index (χ3n) is 5.00. The number of halogens is 1. The van der Waals surface area contributed by atoms with Gasteiger partial charge in [-0.3, -0.25) is 0 Å². The number of carbonyl (C=O) groups is 1. The zero-order valence-electron chi connectivity index (χ0n) is 16.1. The summed E-state index contributed by atoms with van der Waals surface area (Å²) in [5.74, 6) is -0.674. The van der Waals surface area contributed by atoms with Crippen LogP contribution < -0.4 is 0 Å². The highest BCUT2D eigenvalue weighted by atomic mass is 35.5. The minimum atomic E-state index is -3.74.